The van der Waals surface area contributed by atoms with Gasteiger partial charge in [-0.15, -0.1) is 5.10 Å². The number of carbonyl (C=O) groups excluding carboxylic acids is 1. The number of rotatable bonds is 1. The first-order chi connectivity index (χ1) is 5.66. The van der Waals surface area contributed by atoms with Gasteiger partial charge in [0.2, 0.25) is 0 Å². The Morgan fingerprint density at radius 1 is 1.67 bits per heavy atom. The van der Waals surface area contributed by atoms with Crippen LogP contribution < -0.4 is 0 Å². The highest BCUT2D eigenvalue weighted by Crippen LogP contribution is 2.15. The SMILES string of the molecule is COC(=O)c1c(C)cnnc1Cl. The Balaban J connectivity index is 3.21. The predicted octanol–water partition coefficient (Wildman–Crippen LogP) is 1.23. The lowest BCUT2D eigenvalue weighted by molar-refractivity contribution is 0.0599. The average Bonchev–Trinajstić information content (AvgIpc) is 2.03. The highest BCUT2D eigenvalue weighted by atomic mass is 35.5. The van der Waals surface area contributed by atoms with Gasteiger partial charge in [0.15, 0.2) is 5.15 Å². The van der Waals surface area contributed by atoms with E-state index in [-0.39, 0.29) is 10.7 Å². The van der Waals surface area contributed by atoms with E-state index in [0.29, 0.717) is 5.56 Å². The molecule has 0 saturated carbocycles. The largest absolute Gasteiger partial charge is 0.465 e. The van der Waals surface area contributed by atoms with Gasteiger partial charge in [0.1, 0.15) is 5.56 Å². The minimum atomic E-state index is -0.493. The maximum absolute atomic E-state index is 11.1. The second-order valence-corrected chi connectivity index (χ2v) is 2.54. The summed E-state index contributed by atoms with van der Waals surface area (Å²) in [4.78, 5) is 11.1. The van der Waals surface area contributed by atoms with E-state index in [2.05, 4.69) is 14.9 Å². The normalized spacial score (nSPS) is 9.58. The summed E-state index contributed by atoms with van der Waals surface area (Å²) < 4.78 is 4.51. The van der Waals surface area contributed by atoms with Crippen LogP contribution in [-0.4, -0.2) is 23.3 Å². The molecular weight excluding hydrogens is 180 g/mol. The van der Waals surface area contributed by atoms with Crippen LogP contribution in [0.15, 0.2) is 6.20 Å². The number of methoxy groups -OCH3 is 1. The Bertz CT molecular complexity index is 294. The summed E-state index contributed by atoms with van der Waals surface area (Å²) >= 11 is 5.63. The molecule has 0 aliphatic carbocycles. The third-order valence-electron chi connectivity index (χ3n) is 1.39. The molecule has 0 aliphatic heterocycles. The molecule has 1 aromatic rings. The number of hydrogen-bond donors (Lipinski definition) is 0. The first kappa shape index (κ1) is 8.93. The number of ether oxygens (including phenoxy) is 1. The van der Waals surface area contributed by atoms with Crippen LogP contribution in [0.25, 0.3) is 0 Å². The van der Waals surface area contributed by atoms with E-state index < -0.39 is 5.97 Å². The molecule has 0 fully saturated rings. The smallest absolute Gasteiger partial charge is 0.341 e. The lowest BCUT2D eigenvalue weighted by atomic mass is 10.2. The van der Waals surface area contributed by atoms with Gasteiger partial charge in [-0.05, 0) is 12.5 Å². The summed E-state index contributed by atoms with van der Waals surface area (Å²) in [6.45, 7) is 1.72. The molecule has 0 N–H and O–H groups in total. The zero-order valence-electron chi connectivity index (χ0n) is 6.67. The molecule has 1 rings (SSSR count). The van der Waals surface area contributed by atoms with E-state index in [1.165, 1.54) is 13.3 Å². The van der Waals surface area contributed by atoms with Gasteiger partial charge in [0, 0.05) is 0 Å². The first-order valence-electron chi connectivity index (χ1n) is 3.23. The second-order valence-electron chi connectivity index (χ2n) is 2.18. The molecular formula is C7H7ClN2O2. The molecule has 0 aromatic carbocycles. The van der Waals surface area contributed by atoms with Crippen LogP contribution in [0.5, 0.6) is 0 Å². The molecule has 0 radical (unpaired) electrons. The minimum absolute atomic E-state index is 0.0712. The van der Waals surface area contributed by atoms with Crippen molar-refractivity contribution in [2.45, 2.75) is 6.92 Å². The van der Waals surface area contributed by atoms with E-state index in [0.717, 1.165) is 0 Å². The Kier molecular flexibility index (Phi) is 2.60. The third-order valence-corrected chi connectivity index (χ3v) is 1.65. The number of aryl methyl sites for hydroxylation is 1. The fourth-order valence-electron chi connectivity index (χ4n) is 0.791. The highest BCUT2D eigenvalue weighted by molar-refractivity contribution is 6.32. The Hall–Kier alpha value is -1.16. The molecule has 0 aliphatic rings. The molecule has 0 amide bonds. The van der Waals surface area contributed by atoms with Crippen molar-refractivity contribution in [1.82, 2.24) is 10.2 Å². The molecule has 1 heterocycles. The zero-order valence-corrected chi connectivity index (χ0v) is 7.42. The molecule has 0 spiro atoms. The molecule has 0 bridgehead atoms. The second kappa shape index (κ2) is 3.49. The van der Waals surface area contributed by atoms with E-state index in [9.17, 15) is 4.79 Å². The van der Waals surface area contributed by atoms with Gasteiger partial charge in [-0.3, -0.25) is 0 Å². The van der Waals surface area contributed by atoms with Crippen molar-refractivity contribution >= 4 is 17.6 Å². The van der Waals surface area contributed by atoms with Crippen LogP contribution in [0.1, 0.15) is 15.9 Å². The van der Waals surface area contributed by atoms with Gasteiger partial charge in [0.25, 0.3) is 0 Å². The number of halogens is 1. The molecule has 5 heteroatoms. The molecule has 4 nitrogen and oxygen atoms in total. The first-order valence-corrected chi connectivity index (χ1v) is 3.60. The monoisotopic (exact) mass is 186 g/mol. The van der Waals surface area contributed by atoms with E-state index in [1.54, 1.807) is 6.92 Å². The summed E-state index contributed by atoms with van der Waals surface area (Å²) in [5.74, 6) is -0.493. The fraction of sp³-hybridized carbons (Fsp3) is 0.286. The molecule has 64 valence electrons. The molecule has 0 saturated heterocycles. The van der Waals surface area contributed by atoms with E-state index in [1.807, 2.05) is 0 Å². The van der Waals surface area contributed by atoms with Crippen molar-refractivity contribution in [3.63, 3.8) is 0 Å². The predicted molar refractivity (Wildman–Crippen MR) is 43.1 cm³/mol. The van der Waals surface area contributed by atoms with E-state index in [4.69, 9.17) is 11.6 Å². The van der Waals surface area contributed by atoms with Gasteiger partial charge < -0.3 is 4.74 Å². The lowest BCUT2D eigenvalue weighted by Gasteiger charge is -2.02. The average molecular weight is 187 g/mol. The van der Waals surface area contributed by atoms with Gasteiger partial charge >= 0.3 is 5.97 Å². The van der Waals surface area contributed by atoms with Crippen LogP contribution in [0.3, 0.4) is 0 Å². The topological polar surface area (TPSA) is 52.1 Å². The third kappa shape index (κ3) is 1.53. The maximum Gasteiger partial charge on any atom is 0.341 e. The Morgan fingerprint density at radius 3 is 2.83 bits per heavy atom. The summed E-state index contributed by atoms with van der Waals surface area (Å²) in [5.41, 5.74) is 0.927. The molecule has 0 unspecified atom stereocenters. The minimum Gasteiger partial charge on any atom is -0.465 e. The fourth-order valence-corrected chi connectivity index (χ4v) is 1.06. The van der Waals surface area contributed by atoms with Crippen LogP contribution in [0.2, 0.25) is 5.15 Å². The highest BCUT2D eigenvalue weighted by Gasteiger charge is 2.14. The van der Waals surface area contributed by atoms with Gasteiger partial charge in [0.05, 0.1) is 13.3 Å². The van der Waals surface area contributed by atoms with Crippen LogP contribution in [-0.2, 0) is 4.74 Å². The van der Waals surface area contributed by atoms with Gasteiger partial charge in [-0.1, -0.05) is 11.6 Å². The van der Waals surface area contributed by atoms with Gasteiger partial charge in [-0.25, -0.2) is 4.79 Å². The van der Waals surface area contributed by atoms with Crippen LogP contribution >= 0.6 is 11.6 Å². The Labute approximate surface area is 74.5 Å². The van der Waals surface area contributed by atoms with Crippen LogP contribution in [0, 0.1) is 6.92 Å². The molecule has 12 heavy (non-hydrogen) atoms. The van der Waals surface area contributed by atoms with E-state index >= 15 is 0 Å². The number of carbonyl (C=O) groups is 1. The summed E-state index contributed by atoms with van der Waals surface area (Å²) in [7, 11) is 1.29. The number of hydrogen-bond acceptors (Lipinski definition) is 4. The van der Waals surface area contributed by atoms with Gasteiger partial charge in [-0.2, -0.15) is 5.10 Å². The number of esters is 1. The quantitative estimate of drug-likeness (QED) is 0.619. The van der Waals surface area contributed by atoms with Crippen molar-refractivity contribution in [1.29, 1.82) is 0 Å². The van der Waals surface area contributed by atoms with Crippen LogP contribution in [0.4, 0.5) is 0 Å². The summed E-state index contributed by atoms with van der Waals surface area (Å²) in [5, 5.41) is 7.17. The zero-order chi connectivity index (χ0) is 9.14. The molecule has 1 aromatic heterocycles. The van der Waals surface area contributed by atoms with Crippen molar-refractivity contribution < 1.29 is 9.53 Å². The standard InChI is InChI=1S/C7H7ClN2O2/c1-4-3-9-10-6(8)5(4)7(11)12-2/h3H,1-2H3. The number of nitrogens with zero attached hydrogens (tertiary/aromatic N) is 2. The number of aromatic nitrogens is 2. The van der Waals surface area contributed by atoms with Crippen molar-refractivity contribution in [2.75, 3.05) is 7.11 Å². The van der Waals surface area contributed by atoms with Crippen molar-refractivity contribution in [2.24, 2.45) is 0 Å². The van der Waals surface area contributed by atoms with Crippen molar-refractivity contribution in [3.8, 4) is 0 Å². The summed E-state index contributed by atoms with van der Waals surface area (Å²) in [6, 6.07) is 0. The summed E-state index contributed by atoms with van der Waals surface area (Å²) in [6.07, 6.45) is 1.46. The molecule has 0 atom stereocenters. The Morgan fingerprint density at radius 2 is 2.33 bits per heavy atom. The maximum atomic E-state index is 11.1. The lowest BCUT2D eigenvalue weighted by Crippen LogP contribution is -2.06. The van der Waals surface area contributed by atoms with Crippen molar-refractivity contribution in [3.05, 3.63) is 22.5 Å².